The lowest BCUT2D eigenvalue weighted by Gasteiger charge is -2.31. The second-order valence-electron chi connectivity index (χ2n) is 6.06. The van der Waals surface area contributed by atoms with Gasteiger partial charge < -0.3 is 9.47 Å². The summed E-state index contributed by atoms with van der Waals surface area (Å²) in [5.74, 6) is -1.80. The average molecular weight is 339 g/mol. The number of ether oxygens (including phenoxy) is 2. The summed E-state index contributed by atoms with van der Waals surface area (Å²) in [6.45, 7) is 8.01. The van der Waals surface area contributed by atoms with Gasteiger partial charge in [-0.25, -0.2) is 0 Å². The third-order valence-corrected chi connectivity index (χ3v) is 4.28. The van der Waals surface area contributed by atoms with Crippen LogP contribution in [0.5, 0.6) is 0 Å². The van der Waals surface area contributed by atoms with Crippen LogP contribution in [-0.4, -0.2) is 25.2 Å². The Hall–Kier alpha value is -1.57. The molecule has 0 spiro atoms. The van der Waals surface area contributed by atoms with E-state index in [-0.39, 0.29) is 13.2 Å². The van der Waals surface area contributed by atoms with E-state index in [0.29, 0.717) is 19.3 Å². The number of hydrogen-bond donors (Lipinski definition) is 0. The van der Waals surface area contributed by atoms with Crippen molar-refractivity contribution >= 4 is 11.9 Å². The maximum absolute atomic E-state index is 12.6. The van der Waals surface area contributed by atoms with Gasteiger partial charge in [0, 0.05) is 0 Å². The van der Waals surface area contributed by atoms with E-state index < -0.39 is 23.3 Å². The molecule has 0 bridgehead atoms. The van der Waals surface area contributed by atoms with E-state index in [2.05, 4.69) is 19.9 Å². The molecule has 2 atom stereocenters. The smallest absolute Gasteiger partial charge is 0.327 e. The van der Waals surface area contributed by atoms with Crippen molar-refractivity contribution in [3.05, 3.63) is 0 Å². The monoisotopic (exact) mass is 339 g/mol. The first kappa shape index (κ1) is 22.4. The number of carbonyl (C=O) groups is 2. The van der Waals surface area contributed by atoms with Crippen LogP contribution in [0, 0.1) is 22.7 Å². The van der Waals surface area contributed by atoms with Crippen molar-refractivity contribution in [3.63, 3.8) is 0 Å². The fourth-order valence-electron chi connectivity index (χ4n) is 2.92. The first-order valence-electron chi connectivity index (χ1n) is 9.29. The highest BCUT2D eigenvalue weighted by Gasteiger charge is 2.51. The number of unbranched alkanes of at least 4 members (excludes halogenated alkanes) is 4. The molecular formula is C19H33NO4. The molecule has 2 unspecified atom stereocenters. The summed E-state index contributed by atoms with van der Waals surface area (Å²) < 4.78 is 10.4. The van der Waals surface area contributed by atoms with Crippen LogP contribution in [0.15, 0.2) is 0 Å². The number of nitrogens with zero attached hydrogens (tertiary/aromatic N) is 1. The first-order chi connectivity index (χ1) is 11.5. The molecule has 24 heavy (non-hydrogen) atoms. The van der Waals surface area contributed by atoms with Gasteiger partial charge in [0.25, 0.3) is 0 Å². The molecule has 0 amide bonds. The van der Waals surface area contributed by atoms with Crippen LogP contribution in [0.1, 0.15) is 79.1 Å². The fourth-order valence-corrected chi connectivity index (χ4v) is 2.92. The van der Waals surface area contributed by atoms with E-state index >= 15 is 0 Å². The summed E-state index contributed by atoms with van der Waals surface area (Å²) in [6.07, 6.45) is 6.16. The molecule has 138 valence electrons. The predicted molar refractivity (Wildman–Crippen MR) is 93.1 cm³/mol. The molecule has 0 aromatic carbocycles. The summed E-state index contributed by atoms with van der Waals surface area (Å²) in [7, 11) is 0. The van der Waals surface area contributed by atoms with Gasteiger partial charge in [-0.15, -0.1) is 0 Å². The Balaban J connectivity index is 5.60. The number of carbonyl (C=O) groups excluding carboxylic acids is 2. The van der Waals surface area contributed by atoms with E-state index in [4.69, 9.17) is 9.47 Å². The van der Waals surface area contributed by atoms with Gasteiger partial charge >= 0.3 is 11.9 Å². The maximum Gasteiger partial charge on any atom is 0.327 e. The zero-order valence-electron chi connectivity index (χ0n) is 15.7. The molecule has 0 aliphatic carbocycles. The summed E-state index contributed by atoms with van der Waals surface area (Å²) in [5.41, 5.74) is -1.44. The molecule has 0 radical (unpaired) electrons. The van der Waals surface area contributed by atoms with Crippen molar-refractivity contribution in [1.29, 1.82) is 5.26 Å². The van der Waals surface area contributed by atoms with E-state index in [9.17, 15) is 14.9 Å². The molecule has 0 fully saturated rings. The minimum absolute atomic E-state index is 0.195. The van der Waals surface area contributed by atoms with Crippen LogP contribution in [0.2, 0.25) is 0 Å². The molecule has 0 saturated heterocycles. The summed E-state index contributed by atoms with van der Waals surface area (Å²) in [6, 6.07) is 2.15. The number of rotatable bonds is 13. The number of esters is 2. The van der Waals surface area contributed by atoms with Crippen molar-refractivity contribution in [2.75, 3.05) is 13.2 Å². The normalized spacial score (nSPS) is 14.3. The molecule has 5 heteroatoms. The Bertz CT molecular complexity index is 416. The van der Waals surface area contributed by atoms with Gasteiger partial charge in [0.05, 0.1) is 25.2 Å². The minimum atomic E-state index is -1.44. The third kappa shape index (κ3) is 6.51. The predicted octanol–water partition coefficient (Wildman–Crippen LogP) is 4.40. The molecular weight excluding hydrogens is 306 g/mol. The SMILES string of the molecule is CCCCCC(C(=O)OCC)C(C#N)(CCCCC)C(=O)OCC. The summed E-state index contributed by atoms with van der Waals surface area (Å²) in [4.78, 5) is 25.1. The second-order valence-corrected chi connectivity index (χ2v) is 6.06. The number of nitriles is 1. The lowest BCUT2D eigenvalue weighted by Crippen LogP contribution is -2.43. The van der Waals surface area contributed by atoms with E-state index in [0.717, 1.165) is 32.1 Å². The highest BCUT2D eigenvalue weighted by atomic mass is 16.5. The van der Waals surface area contributed by atoms with E-state index in [1.807, 2.05) is 0 Å². The largest absolute Gasteiger partial charge is 0.466 e. The fraction of sp³-hybridized carbons (Fsp3) is 0.842. The molecule has 0 aliphatic rings. The Morgan fingerprint density at radius 2 is 1.54 bits per heavy atom. The van der Waals surface area contributed by atoms with Crippen molar-refractivity contribution in [2.24, 2.45) is 11.3 Å². The van der Waals surface area contributed by atoms with Gasteiger partial charge in [-0.1, -0.05) is 52.4 Å². The topological polar surface area (TPSA) is 76.4 Å². The van der Waals surface area contributed by atoms with Crippen molar-refractivity contribution in [2.45, 2.75) is 79.1 Å². The van der Waals surface area contributed by atoms with Gasteiger partial charge in [-0.2, -0.15) is 5.26 Å². The lowest BCUT2D eigenvalue weighted by atomic mass is 9.70. The lowest BCUT2D eigenvalue weighted by molar-refractivity contribution is -0.166. The van der Waals surface area contributed by atoms with Crippen LogP contribution in [0.3, 0.4) is 0 Å². The van der Waals surface area contributed by atoms with Crippen LogP contribution < -0.4 is 0 Å². The molecule has 0 N–H and O–H groups in total. The Kier molecular flexibility index (Phi) is 12.0. The van der Waals surface area contributed by atoms with Gasteiger partial charge in [0.2, 0.25) is 0 Å². The van der Waals surface area contributed by atoms with Crippen LogP contribution >= 0.6 is 0 Å². The molecule has 0 aliphatic heterocycles. The van der Waals surface area contributed by atoms with Crippen LogP contribution in [0.25, 0.3) is 0 Å². The average Bonchev–Trinajstić information content (AvgIpc) is 2.57. The van der Waals surface area contributed by atoms with Gasteiger partial charge in [0.1, 0.15) is 0 Å². The summed E-state index contributed by atoms with van der Waals surface area (Å²) in [5, 5.41) is 9.86. The maximum atomic E-state index is 12.6. The standard InChI is InChI=1S/C19H33NO4/c1-5-9-11-13-16(17(21)23-7-3)19(15-20,14-12-10-6-2)18(22)24-8-4/h16H,5-14H2,1-4H3. The highest BCUT2D eigenvalue weighted by molar-refractivity contribution is 5.88. The van der Waals surface area contributed by atoms with E-state index in [1.54, 1.807) is 13.8 Å². The zero-order chi connectivity index (χ0) is 18.4. The third-order valence-electron chi connectivity index (χ3n) is 4.28. The van der Waals surface area contributed by atoms with Crippen molar-refractivity contribution in [3.8, 4) is 6.07 Å². The Morgan fingerprint density at radius 3 is 2.04 bits per heavy atom. The van der Waals surface area contributed by atoms with Crippen LogP contribution in [-0.2, 0) is 19.1 Å². The van der Waals surface area contributed by atoms with Gasteiger partial charge in [0.15, 0.2) is 5.41 Å². The first-order valence-corrected chi connectivity index (χ1v) is 9.29. The molecule has 0 heterocycles. The zero-order valence-corrected chi connectivity index (χ0v) is 15.7. The van der Waals surface area contributed by atoms with Crippen molar-refractivity contribution in [1.82, 2.24) is 0 Å². The molecule has 0 aromatic rings. The van der Waals surface area contributed by atoms with Crippen LogP contribution in [0.4, 0.5) is 0 Å². The molecule has 5 nitrogen and oxygen atoms in total. The molecule has 0 rings (SSSR count). The summed E-state index contributed by atoms with van der Waals surface area (Å²) >= 11 is 0. The number of hydrogen-bond acceptors (Lipinski definition) is 5. The van der Waals surface area contributed by atoms with E-state index in [1.165, 1.54) is 0 Å². The quantitative estimate of drug-likeness (QED) is 0.367. The molecule has 0 aromatic heterocycles. The Morgan fingerprint density at radius 1 is 0.958 bits per heavy atom. The minimum Gasteiger partial charge on any atom is -0.466 e. The second kappa shape index (κ2) is 12.8. The van der Waals surface area contributed by atoms with Gasteiger partial charge in [-0.05, 0) is 26.7 Å². The molecule has 0 saturated carbocycles. The Labute approximate surface area is 146 Å². The highest BCUT2D eigenvalue weighted by Crippen LogP contribution is 2.39. The van der Waals surface area contributed by atoms with Crippen molar-refractivity contribution < 1.29 is 19.1 Å². The van der Waals surface area contributed by atoms with Gasteiger partial charge in [-0.3, -0.25) is 9.59 Å².